The average molecular weight is 279 g/mol. The molecule has 2 saturated carbocycles. The summed E-state index contributed by atoms with van der Waals surface area (Å²) in [6, 6.07) is 5.39. The van der Waals surface area contributed by atoms with E-state index in [0.29, 0.717) is 17.0 Å². The molecule has 0 bridgehead atoms. The van der Waals surface area contributed by atoms with Gasteiger partial charge in [0.2, 0.25) is 0 Å². The molecule has 1 aromatic rings. The molecule has 2 fully saturated rings. The molecule has 3 nitrogen and oxygen atoms in total. The Bertz CT molecular complexity index is 575. The minimum Gasteiger partial charge on any atom is -0.481 e. The van der Waals surface area contributed by atoms with Crippen molar-refractivity contribution in [3.8, 4) is 0 Å². The van der Waals surface area contributed by atoms with E-state index in [1.807, 2.05) is 6.07 Å². The largest absolute Gasteiger partial charge is 0.481 e. The molecule has 19 heavy (non-hydrogen) atoms. The zero-order chi connectivity index (χ0) is 13.8. The van der Waals surface area contributed by atoms with Crippen molar-refractivity contribution in [2.45, 2.75) is 31.6 Å². The smallest absolute Gasteiger partial charge is 0.307 e. The Morgan fingerprint density at radius 2 is 2.00 bits per heavy atom. The molecular formula is C15H15ClO3. The molecular weight excluding hydrogens is 264 g/mol. The van der Waals surface area contributed by atoms with E-state index in [-0.39, 0.29) is 17.1 Å². The second-order valence-corrected chi connectivity index (χ2v) is 6.31. The highest BCUT2D eigenvalue weighted by Crippen LogP contribution is 2.50. The zero-order valence-electron chi connectivity index (χ0n) is 10.6. The molecule has 2 atom stereocenters. The first kappa shape index (κ1) is 12.7. The Kier molecular flexibility index (Phi) is 2.72. The molecule has 0 heterocycles. The van der Waals surface area contributed by atoms with Crippen LogP contribution >= 0.6 is 11.6 Å². The third-order valence-electron chi connectivity index (χ3n) is 4.35. The molecule has 0 spiro atoms. The number of carboxylic acid groups (broad SMARTS) is 1. The predicted molar refractivity (Wildman–Crippen MR) is 71.6 cm³/mol. The molecule has 2 aliphatic carbocycles. The van der Waals surface area contributed by atoms with Gasteiger partial charge >= 0.3 is 5.97 Å². The molecule has 3 rings (SSSR count). The van der Waals surface area contributed by atoms with E-state index in [4.69, 9.17) is 16.7 Å². The molecule has 1 N–H and O–H groups in total. The lowest BCUT2D eigenvalue weighted by Crippen LogP contribution is -2.09. The average Bonchev–Trinajstić information content (AvgIpc) is 3.23. The van der Waals surface area contributed by atoms with Gasteiger partial charge in [0.05, 0.1) is 5.92 Å². The zero-order valence-corrected chi connectivity index (χ0v) is 11.4. The monoisotopic (exact) mass is 278 g/mol. The highest BCUT2D eigenvalue weighted by atomic mass is 35.5. The number of carbonyl (C=O) groups excluding carboxylic acids is 1. The van der Waals surface area contributed by atoms with Gasteiger partial charge in [0, 0.05) is 16.5 Å². The minimum absolute atomic E-state index is 0.0956. The maximum absolute atomic E-state index is 12.1. The maximum atomic E-state index is 12.1. The van der Waals surface area contributed by atoms with Crippen LogP contribution in [0.3, 0.4) is 0 Å². The fourth-order valence-corrected chi connectivity index (χ4v) is 3.00. The molecule has 4 heteroatoms. The van der Waals surface area contributed by atoms with Crippen molar-refractivity contribution in [3.63, 3.8) is 0 Å². The van der Waals surface area contributed by atoms with Crippen molar-refractivity contribution in [1.82, 2.24) is 0 Å². The van der Waals surface area contributed by atoms with Gasteiger partial charge in [-0.1, -0.05) is 30.7 Å². The molecule has 0 radical (unpaired) electrons. The van der Waals surface area contributed by atoms with Gasteiger partial charge in [-0.3, -0.25) is 9.59 Å². The summed E-state index contributed by atoms with van der Waals surface area (Å²) in [6.45, 7) is 2.16. The first-order valence-corrected chi connectivity index (χ1v) is 6.87. The number of hydrogen-bond donors (Lipinski definition) is 1. The molecule has 2 aliphatic rings. The summed E-state index contributed by atoms with van der Waals surface area (Å²) in [5.74, 6) is -1.85. The van der Waals surface area contributed by atoms with Crippen molar-refractivity contribution < 1.29 is 14.7 Å². The summed E-state index contributed by atoms with van der Waals surface area (Å²) >= 11 is 6.25. The number of rotatable bonds is 4. The quantitative estimate of drug-likeness (QED) is 0.860. The number of Topliss-reactive ketones (excluding diaryl/α,β-unsaturated/α-hetero) is 1. The summed E-state index contributed by atoms with van der Waals surface area (Å²) in [7, 11) is 0. The molecule has 0 aromatic heterocycles. The van der Waals surface area contributed by atoms with Crippen LogP contribution in [-0.2, 0) is 10.2 Å². The van der Waals surface area contributed by atoms with Crippen molar-refractivity contribution in [3.05, 3.63) is 34.3 Å². The van der Waals surface area contributed by atoms with Gasteiger partial charge in [0.25, 0.3) is 0 Å². The lowest BCUT2D eigenvalue weighted by atomic mass is 9.95. The lowest BCUT2D eigenvalue weighted by molar-refractivity contribution is -0.138. The van der Waals surface area contributed by atoms with E-state index in [1.165, 1.54) is 0 Å². The van der Waals surface area contributed by atoms with E-state index in [1.54, 1.807) is 12.1 Å². The van der Waals surface area contributed by atoms with Crippen LogP contribution in [0.15, 0.2) is 18.2 Å². The summed E-state index contributed by atoms with van der Waals surface area (Å²) in [5.41, 5.74) is 1.80. The molecule has 0 aliphatic heterocycles. The minimum atomic E-state index is -0.883. The molecule has 0 amide bonds. The number of halogens is 1. The van der Waals surface area contributed by atoms with Gasteiger partial charge in [0.1, 0.15) is 0 Å². The van der Waals surface area contributed by atoms with Crippen molar-refractivity contribution >= 4 is 23.4 Å². The van der Waals surface area contributed by atoms with Crippen LogP contribution in [-0.4, -0.2) is 16.9 Å². The van der Waals surface area contributed by atoms with Crippen LogP contribution < -0.4 is 0 Å². The van der Waals surface area contributed by atoms with Crippen LogP contribution in [0.5, 0.6) is 0 Å². The van der Waals surface area contributed by atoms with Crippen molar-refractivity contribution in [1.29, 1.82) is 0 Å². The number of benzene rings is 1. The molecule has 0 saturated heterocycles. The number of hydrogen-bond acceptors (Lipinski definition) is 2. The Labute approximate surface area is 116 Å². The highest BCUT2D eigenvalue weighted by Gasteiger charge is 2.48. The molecule has 100 valence electrons. The van der Waals surface area contributed by atoms with Crippen LogP contribution in [0.4, 0.5) is 0 Å². The van der Waals surface area contributed by atoms with E-state index in [0.717, 1.165) is 18.4 Å². The van der Waals surface area contributed by atoms with Gasteiger partial charge in [0.15, 0.2) is 5.78 Å². The lowest BCUT2D eigenvalue weighted by Gasteiger charge is -2.12. The van der Waals surface area contributed by atoms with Crippen molar-refractivity contribution in [2.24, 2.45) is 11.8 Å². The summed E-state index contributed by atoms with van der Waals surface area (Å²) in [5, 5.41) is 9.48. The SMILES string of the molecule is CC1(c2ccc(C(=O)C3CC3C(=O)O)cc2Cl)CC1. The van der Waals surface area contributed by atoms with Gasteiger partial charge in [-0.2, -0.15) is 0 Å². The van der Waals surface area contributed by atoms with Crippen LogP contribution in [0.25, 0.3) is 0 Å². The topological polar surface area (TPSA) is 54.4 Å². The first-order chi connectivity index (χ1) is 8.92. The third-order valence-corrected chi connectivity index (χ3v) is 4.66. The summed E-state index contributed by atoms with van der Waals surface area (Å²) in [4.78, 5) is 22.9. The van der Waals surface area contributed by atoms with Crippen LogP contribution in [0.1, 0.15) is 42.1 Å². The van der Waals surface area contributed by atoms with Crippen LogP contribution in [0.2, 0.25) is 5.02 Å². The van der Waals surface area contributed by atoms with Crippen LogP contribution in [0, 0.1) is 11.8 Å². The molecule has 1 aromatic carbocycles. The third kappa shape index (κ3) is 2.16. The Hall–Kier alpha value is -1.35. The van der Waals surface area contributed by atoms with E-state index >= 15 is 0 Å². The number of ketones is 1. The fourth-order valence-electron chi connectivity index (χ4n) is 2.59. The van der Waals surface area contributed by atoms with E-state index in [9.17, 15) is 9.59 Å². The second kappa shape index (κ2) is 4.07. The van der Waals surface area contributed by atoms with Crippen molar-refractivity contribution in [2.75, 3.05) is 0 Å². The number of carbonyl (C=O) groups is 2. The predicted octanol–water partition coefficient (Wildman–Crippen LogP) is 3.29. The normalized spacial score (nSPS) is 26.8. The van der Waals surface area contributed by atoms with Gasteiger partial charge in [-0.15, -0.1) is 0 Å². The van der Waals surface area contributed by atoms with Gasteiger partial charge < -0.3 is 5.11 Å². The fraction of sp³-hybridized carbons (Fsp3) is 0.467. The number of aliphatic carboxylic acids is 1. The van der Waals surface area contributed by atoms with E-state index < -0.39 is 11.9 Å². The summed E-state index contributed by atoms with van der Waals surface area (Å²) in [6.07, 6.45) is 2.71. The Morgan fingerprint density at radius 1 is 1.32 bits per heavy atom. The standard InChI is InChI=1S/C15H15ClO3/c1-15(4-5-15)11-3-2-8(6-12(11)16)13(17)9-7-10(9)14(18)19/h2-3,6,9-10H,4-5,7H2,1H3,(H,18,19). The van der Waals surface area contributed by atoms with E-state index in [2.05, 4.69) is 6.92 Å². The highest BCUT2D eigenvalue weighted by molar-refractivity contribution is 6.32. The maximum Gasteiger partial charge on any atom is 0.307 e. The van der Waals surface area contributed by atoms with Gasteiger partial charge in [-0.05, 0) is 36.3 Å². The first-order valence-electron chi connectivity index (χ1n) is 6.49. The second-order valence-electron chi connectivity index (χ2n) is 5.91. The van der Waals surface area contributed by atoms with Gasteiger partial charge in [-0.25, -0.2) is 0 Å². The molecule has 2 unspecified atom stereocenters. The summed E-state index contributed by atoms with van der Waals surface area (Å²) < 4.78 is 0. The Morgan fingerprint density at radius 3 is 2.47 bits per heavy atom. The Balaban J connectivity index is 1.81. The number of carboxylic acids is 1.